The van der Waals surface area contributed by atoms with Crippen LogP contribution in [0.15, 0.2) is 72.4 Å². The van der Waals surface area contributed by atoms with Gasteiger partial charge in [0.15, 0.2) is 0 Å². The van der Waals surface area contributed by atoms with Crippen LogP contribution >= 0.6 is 0 Å². The number of carbonyl (C=O) groups is 1. The van der Waals surface area contributed by atoms with E-state index in [4.69, 9.17) is 0 Å². The number of piperazine rings is 1. The van der Waals surface area contributed by atoms with Crippen LogP contribution in [0.5, 0.6) is 0 Å². The van der Waals surface area contributed by atoms with Gasteiger partial charge in [-0.2, -0.15) is 0 Å². The van der Waals surface area contributed by atoms with Gasteiger partial charge in [-0.3, -0.25) is 9.69 Å². The largest absolute Gasteiger partial charge is 0.477 e. The van der Waals surface area contributed by atoms with Gasteiger partial charge >= 0.3 is 5.97 Å². The van der Waals surface area contributed by atoms with E-state index in [-0.39, 0.29) is 10.9 Å². The van der Waals surface area contributed by atoms with E-state index < -0.39 is 17.2 Å². The summed E-state index contributed by atoms with van der Waals surface area (Å²) in [6.07, 6.45) is 7.02. The number of carboxylic acid groups (broad SMARTS) is 1. The lowest BCUT2D eigenvalue weighted by atomic mass is 10.1. The summed E-state index contributed by atoms with van der Waals surface area (Å²) in [5.74, 6) is -1.82. The van der Waals surface area contributed by atoms with E-state index in [1.165, 1.54) is 17.8 Å². The number of pyridine rings is 1. The zero-order valence-corrected chi connectivity index (χ0v) is 20.7. The SMILES string of the molecule is C=CN(/C=C\C)c1ccc(CN2CCN(c3cc4c(cc3F)c(=O)c(C(=O)O)cn4CC)CC2)cc1. The molecule has 0 bridgehead atoms. The van der Waals surface area contributed by atoms with Crippen LogP contribution in [0.4, 0.5) is 15.8 Å². The molecule has 1 saturated heterocycles. The second kappa shape index (κ2) is 10.8. The number of hydrogen-bond acceptors (Lipinski definition) is 5. The van der Waals surface area contributed by atoms with Crippen LogP contribution in [-0.2, 0) is 13.1 Å². The van der Waals surface area contributed by atoms with Gasteiger partial charge in [0.1, 0.15) is 11.4 Å². The predicted octanol–water partition coefficient (Wildman–Crippen LogP) is 4.66. The van der Waals surface area contributed by atoms with Crippen molar-refractivity contribution in [2.45, 2.75) is 26.9 Å². The monoisotopic (exact) mass is 490 g/mol. The molecule has 1 aliphatic heterocycles. The maximum absolute atomic E-state index is 15.1. The average Bonchev–Trinajstić information content (AvgIpc) is 2.88. The zero-order valence-electron chi connectivity index (χ0n) is 20.7. The Morgan fingerprint density at radius 2 is 1.86 bits per heavy atom. The number of anilines is 2. The summed E-state index contributed by atoms with van der Waals surface area (Å²) in [4.78, 5) is 30.3. The van der Waals surface area contributed by atoms with E-state index >= 15 is 4.39 Å². The molecule has 0 spiro atoms. The topological polar surface area (TPSA) is 69.0 Å². The molecule has 4 rings (SSSR count). The van der Waals surface area contributed by atoms with Gasteiger partial charge in [0.25, 0.3) is 0 Å². The summed E-state index contributed by atoms with van der Waals surface area (Å²) < 4.78 is 16.8. The number of benzene rings is 2. The molecular weight excluding hydrogens is 459 g/mol. The summed E-state index contributed by atoms with van der Waals surface area (Å²) in [5, 5.41) is 9.43. The number of hydrogen-bond donors (Lipinski definition) is 1. The fourth-order valence-electron chi connectivity index (χ4n) is 4.65. The van der Waals surface area contributed by atoms with E-state index in [0.29, 0.717) is 30.8 Å². The van der Waals surface area contributed by atoms with E-state index in [9.17, 15) is 14.7 Å². The van der Waals surface area contributed by atoms with Crippen molar-refractivity contribution in [2.75, 3.05) is 36.0 Å². The van der Waals surface area contributed by atoms with Crippen molar-refractivity contribution in [3.63, 3.8) is 0 Å². The van der Waals surface area contributed by atoms with Crippen LogP contribution in [0.25, 0.3) is 10.9 Å². The van der Waals surface area contributed by atoms with E-state index in [0.717, 1.165) is 25.3 Å². The number of nitrogens with zero attached hydrogens (tertiary/aromatic N) is 4. The van der Waals surface area contributed by atoms with Crippen LogP contribution in [0, 0.1) is 5.82 Å². The first-order chi connectivity index (χ1) is 17.4. The Balaban J connectivity index is 1.48. The van der Waals surface area contributed by atoms with Crippen molar-refractivity contribution in [3.8, 4) is 0 Å². The molecule has 0 radical (unpaired) electrons. The highest BCUT2D eigenvalue weighted by Crippen LogP contribution is 2.27. The third-order valence-electron chi connectivity index (χ3n) is 6.58. The smallest absolute Gasteiger partial charge is 0.341 e. The molecule has 0 amide bonds. The van der Waals surface area contributed by atoms with Crippen molar-refractivity contribution < 1.29 is 14.3 Å². The van der Waals surface area contributed by atoms with Crippen molar-refractivity contribution >= 4 is 28.2 Å². The Morgan fingerprint density at radius 3 is 2.44 bits per heavy atom. The molecule has 0 unspecified atom stereocenters. The van der Waals surface area contributed by atoms with E-state index in [2.05, 4.69) is 35.7 Å². The molecule has 0 aliphatic carbocycles. The molecule has 1 fully saturated rings. The zero-order chi connectivity index (χ0) is 25.8. The van der Waals surface area contributed by atoms with Gasteiger partial charge in [-0.1, -0.05) is 24.8 Å². The molecule has 2 aromatic carbocycles. The highest BCUT2D eigenvalue weighted by molar-refractivity contribution is 5.93. The Morgan fingerprint density at radius 1 is 1.17 bits per heavy atom. The normalized spacial score (nSPS) is 14.5. The van der Waals surface area contributed by atoms with Crippen molar-refractivity contribution in [3.05, 3.63) is 94.8 Å². The quantitative estimate of drug-likeness (QED) is 0.495. The minimum absolute atomic E-state index is 0.0875. The van der Waals surface area contributed by atoms with Crippen LogP contribution < -0.4 is 15.2 Å². The van der Waals surface area contributed by atoms with Crippen LogP contribution in [-0.4, -0.2) is 46.7 Å². The third-order valence-corrected chi connectivity index (χ3v) is 6.58. The van der Waals surface area contributed by atoms with Gasteiger partial charge in [0, 0.05) is 68.9 Å². The van der Waals surface area contributed by atoms with Gasteiger partial charge < -0.3 is 19.5 Å². The molecule has 1 N–H and O–H groups in total. The number of rotatable bonds is 8. The Kier molecular flexibility index (Phi) is 7.55. The fraction of sp³-hybridized carbons (Fsp3) is 0.286. The van der Waals surface area contributed by atoms with Gasteiger partial charge in [-0.25, -0.2) is 9.18 Å². The lowest BCUT2D eigenvalue weighted by Crippen LogP contribution is -2.46. The Labute approximate surface area is 210 Å². The number of aromatic nitrogens is 1. The number of aryl methyl sites for hydroxylation is 1. The molecule has 7 nitrogen and oxygen atoms in total. The van der Waals surface area contributed by atoms with E-state index in [1.807, 2.05) is 35.9 Å². The molecule has 0 atom stereocenters. The molecular formula is C28H31FN4O3. The molecule has 188 valence electrons. The lowest BCUT2D eigenvalue weighted by molar-refractivity contribution is 0.0695. The summed E-state index contributed by atoms with van der Waals surface area (Å²) >= 11 is 0. The van der Waals surface area contributed by atoms with E-state index in [1.54, 1.807) is 16.8 Å². The molecule has 2 heterocycles. The molecule has 3 aromatic rings. The lowest BCUT2D eigenvalue weighted by Gasteiger charge is -2.36. The maximum atomic E-state index is 15.1. The standard InChI is InChI=1S/C28H31FN4O3/c1-4-11-31(5-2)21-9-7-20(8-10-21)18-30-12-14-33(15-13-30)26-17-25-22(16-24(26)29)27(34)23(28(35)36)19-32(25)6-3/h4-5,7-11,16-17,19H,2,6,12-15,18H2,1,3H3,(H,35,36)/b11-4-. The first-order valence-corrected chi connectivity index (χ1v) is 12.1. The van der Waals surface area contributed by atoms with Gasteiger partial charge in [-0.05, 0) is 43.7 Å². The predicted molar refractivity (Wildman–Crippen MR) is 142 cm³/mol. The molecule has 1 aromatic heterocycles. The highest BCUT2D eigenvalue weighted by atomic mass is 19.1. The van der Waals surface area contributed by atoms with Crippen LogP contribution in [0.1, 0.15) is 29.8 Å². The Bertz CT molecular complexity index is 1360. The van der Waals surface area contributed by atoms with Gasteiger partial charge in [0.05, 0.1) is 11.2 Å². The number of halogens is 1. The summed E-state index contributed by atoms with van der Waals surface area (Å²) in [5.41, 5.74) is 2.21. The highest BCUT2D eigenvalue weighted by Gasteiger charge is 2.22. The minimum atomic E-state index is -1.31. The van der Waals surface area contributed by atoms with Crippen LogP contribution in [0.3, 0.4) is 0 Å². The maximum Gasteiger partial charge on any atom is 0.341 e. The van der Waals surface area contributed by atoms with Crippen LogP contribution in [0.2, 0.25) is 0 Å². The average molecular weight is 491 g/mol. The first-order valence-electron chi connectivity index (χ1n) is 12.1. The second-order valence-corrected chi connectivity index (χ2v) is 8.79. The second-order valence-electron chi connectivity index (χ2n) is 8.79. The number of fused-ring (bicyclic) bond motifs is 1. The molecule has 0 saturated carbocycles. The van der Waals surface area contributed by atoms with Crippen molar-refractivity contribution in [2.24, 2.45) is 0 Å². The Hall–Kier alpha value is -3.91. The first kappa shape index (κ1) is 25.2. The summed E-state index contributed by atoms with van der Waals surface area (Å²) in [6, 6.07) is 11.2. The molecule has 8 heteroatoms. The van der Waals surface area contributed by atoms with Gasteiger partial charge in [-0.15, -0.1) is 0 Å². The van der Waals surface area contributed by atoms with Gasteiger partial charge in [0.2, 0.25) is 5.43 Å². The number of carboxylic acids is 1. The molecule has 1 aliphatic rings. The number of aromatic carboxylic acids is 1. The fourth-order valence-corrected chi connectivity index (χ4v) is 4.65. The van der Waals surface area contributed by atoms with Crippen molar-refractivity contribution in [1.29, 1.82) is 0 Å². The minimum Gasteiger partial charge on any atom is -0.477 e. The molecule has 36 heavy (non-hydrogen) atoms. The van der Waals surface area contributed by atoms with Crippen molar-refractivity contribution in [1.82, 2.24) is 9.47 Å². The summed E-state index contributed by atoms with van der Waals surface area (Å²) in [7, 11) is 0. The summed E-state index contributed by atoms with van der Waals surface area (Å²) in [6.45, 7) is 11.8. The third kappa shape index (κ3) is 5.04. The number of allylic oxidation sites excluding steroid dienone is 1.